The average molecular weight is 218 g/mol. The first-order valence-corrected chi connectivity index (χ1v) is 5.88. The van der Waals surface area contributed by atoms with Crippen LogP contribution in [0.4, 0.5) is 0 Å². The molecule has 1 aromatic rings. The SMILES string of the molecule is CCC1CC(=O)N(Cc2ccc(C)nc2)C1. The van der Waals surface area contributed by atoms with Gasteiger partial charge in [0.1, 0.15) is 0 Å². The predicted molar refractivity (Wildman–Crippen MR) is 62.8 cm³/mol. The number of carbonyl (C=O) groups is 1. The molecule has 1 amide bonds. The van der Waals surface area contributed by atoms with E-state index in [0.717, 1.165) is 30.6 Å². The Morgan fingerprint density at radius 3 is 2.88 bits per heavy atom. The molecule has 1 atom stereocenters. The van der Waals surface area contributed by atoms with Crippen LogP contribution in [0.15, 0.2) is 18.3 Å². The van der Waals surface area contributed by atoms with Crippen molar-refractivity contribution in [3.8, 4) is 0 Å². The lowest BCUT2D eigenvalue weighted by molar-refractivity contribution is -0.128. The summed E-state index contributed by atoms with van der Waals surface area (Å²) in [7, 11) is 0. The topological polar surface area (TPSA) is 33.2 Å². The Kier molecular flexibility index (Phi) is 3.22. The quantitative estimate of drug-likeness (QED) is 0.778. The minimum absolute atomic E-state index is 0.285. The molecular formula is C13H18N2O. The molecule has 3 nitrogen and oxygen atoms in total. The van der Waals surface area contributed by atoms with Crippen LogP contribution in [0.2, 0.25) is 0 Å². The van der Waals surface area contributed by atoms with Crippen molar-refractivity contribution in [3.63, 3.8) is 0 Å². The van der Waals surface area contributed by atoms with Crippen LogP contribution < -0.4 is 0 Å². The maximum absolute atomic E-state index is 11.7. The molecule has 1 unspecified atom stereocenters. The molecule has 16 heavy (non-hydrogen) atoms. The highest BCUT2D eigenvalue weighted by atomic mass is 16.2. The first-order chi connectivity index (χ1) is 7.69. The van der Waals surface area contributed by atoms with E-state index in [1.165, 1.54) is 0 Å². The second kappa shape index (κ2) is 4.64. The summed E-state index contributed by atoms with van der Waals surface area (Å²) in [4.78, 5) is 17.9. The largest absolute Gasteiger partial charge is 0.338 e. The van der Waals surface area contributed by atoms with Gasteiger partial charge in [0.2, 0.25) is 5.91 Å². The average Bonchev–Trinajstić information content (AvgIpc) is 2.63. The Hall–Kier alpha value is -1.38. The van der Waals surface area contributed by atoms with Gasteiger partial charge in [-0.1, -0.05) is 19.4 Å². The molecule has 2 rings (SSSR count). The van der Waals surface area contributed by atoms with E-state index in [4.69, 9.17) is 0 Å². The number of carbonyl (C=O) groups excluding carboxylic acids is 1. The van der Waals surface area contributed by atoms with Crippen LogP contribution in [0, 0.1) is 12.8 Å². The zero-order chi connectivity index (χ0) is 11.5. The fourth-order valence-corrected chi connectivity index (χ4v) is 2.09. The Balaban J connectivity index is 2.00. The molecular weight excluding hydrogens is 200 g/mol. The van der Waals surface area contributed by atoms with Crippen LogP contribution in [0.1, 0.15) is 31.0 Å². The van der Waals surface area contributed by atoms with E-state index in [0.29, 0.717) is 12.5 Å². The lowest BCUT2D eigenvalue weighted by Gasteiger charge is -2.16. The van der Waals surface area contributed by atoms with E-state index >= 15 is 0 Å². The molecule has 0 aliphatic carbocycles. The van der Waals surface area contributed by atoms with Gasteiger partial charge in [0.25, 0.3) is 0 Å². The minimum Gasteiger partial charge on any atom is -0.338 e. The van der Waals surface area contributed by atoms with Crippen molar-refractivity contribution in [1.82, 2.24) is 9.88 Å². The number of hydrogen-bond donors (Lipinski definition) is 0. The number of aromatic nitrogens is 1. The van der Waals surface area contributed by atoms with E-state index in [1.807, 2.05) is 24.1 Å². The van der Waals surface area contributed by atoms with Gasteiger partial charge in [0.15, 0.2) is 0 Å². The Morgan fingerprint density at radius 1 is 1.50 bits per heavy atom. The van der Waals surface area contributed by atoms with E-state index in [-0.39, 0.29) is 5.91 Å². The maximum atomic E-state index is 11.7. The third kappa shape index (κ3) is 2.40. The number of rotatable bonds is 3. The van der Waals surface area contributed by atoms with Crippen LogP contribution in [-0.4, -0.2) is 22.3 Å². The first kappa shape index (κ1) is 11.1. The molecule has 2 heterocycles. The third-order valence-electron chi connectivity index (χ3n) is 3.22. The molecule has 0 spiro atoms. The molecule has 1 aliphatic rings. The molecule has 1 fully saturated rings. The van der Waals surface area contributed by atoms with E-state index in [1.54, 1.807) is 0 Å². The summed E-state index contributed by atoms with van der Waals surface area (Å²) in [6, 6.07) is 4.04. The standard InChI is InChI=1S/C13H18N2O/c1-3-11-6-13(16)15(8-11)9-12-5-4-10(2)14-7-12/h4-5,7,11H,3,6,8-9H2,1-2H3. The van der Waals surface area contributed by atoms with Crippen LogP contribution in [0.25, 0.3) is 0 Å². The lowest BCUT2D eigenvalue weighted by Crippen LogP contribution is -2.24. The summed E-state index contributed by atoms with van der Waals surface area (Å²) in [6.45, 7) is 5.73. The lowest BCUT2D eigenvalue weighted by atomic mass is 10.1. The Bertz CT molecular complexity index is 372. The Labute approximate surface area is 96.5 Å². The number of aryl methyl sites for hydroxylation is 1. The van der Waals surface area contributed by atoms with E-state index in [2.05, 4.69) is 18.0 Å². The number of amides is 1. The van der Waals surface area contributed by atoms with Crippen molar-refractivity contribution in [3.05, 3.63) is 29.6 Å². The van der Waals surface area contributed by atoms with Gasteiger partial charge >= 0.3 is 0 Å². The van der Waals surface area contributed by atoms with Gasteiger partial charge in [-0.15, -0.1) is 0 Å². The molecule has 1 aliphatic heterocycles. The van der Waals surface area contributed by atoms with Crippen LogP contribution in [-0.2, 0) is 11.3 Å². The summed E-state index contributed by atoms with van der Waals surface area (Å²) in [5.41, 5.74) is 2.14. The van der Waals surface area contributed by atoms with Crippen molar-refractivity contribution in [2.45, 2.75) is 33.2 Å². The van der Waals surface area contributed by atoms with Gasteiger partial charge in [-0.25, -0.2) is 0 Å². The summed E-state index contributed by atoms with van der Waals surface area (Å²) in [5, 5.41) is 0. The highest BCUT2D eigenvalue weighted by molar-refractivity contribution is 5.78. The van der Waals surface area contributed by atoms with Gasteiger partial charge in [0.05, 0.1) is 0 Å². The number of hydrogen-bond acceptors (Lipinski definition) is 2. The maximum Gasteiger partial charge on any atom is 0.223 e. The number of nitrogens with zero attached hydrogens (tertiary/aromatic N) is 2. The van der Waals surface area contributed by atoms with Crippen LogP contribution in [0.3, 0.4) is 0 Å². The fraction of sp³-hybridized carbons (Fsp3) is 0.538. The third-order valence-corrected chi connectivity index (χ3v) is 3.22. The summed E-state index contributed by atoms with van der Waals surface area (Å²) in [5.74, 6) is 0.832. The molecule has 0 bridgehead atoms. The highest BCUT2D eigenvalue weighted by Crippen LogP contribution is 2.22. The van der Waals surface area contributed by atoms with E-state index in [9.17, 15) is 4.79 Å². The molecule has 0 aromatic carbocycles. The summed E-state index contributed by atoms with van der Waals surface area (Å²) in [6.07, 6.45) is 3.67. The normalized spacial score (nSPS) is 20.5. The molecule has 3 heteroatoms. The zero-order valence-corrected chi connectivity index (χ0v) is 9.94. The van der Waals surface area contributed by atoms with Crippen LogP contribution >= 0.6 is 0 Å². The molecule has 86 valence electrons. The zero-order valence-electron chi connectivity index (χ0n) is 9.94. The molecule has 0 saturated carbocycles. The fourth-order valence-electron chi connectivity index (χ4n) is 2.09. The number of likely N-dealkylation sites (tertiary alicyclic amines) is 1. The van der Waals surface area contributed by atoms with Gasteiger partial charge in [-0.05, 0) is 24.5 Å². The van der Waals surface area contributed by atoms with Gasteiger partial charge in [0, 0.05) is 31.4 Å². The van der Waals surface area contributed by atoms with Crippen molar-refractivity contribution < 1.29 is 4.79 Å². The smallest absolute Gasteiger partial charge is 0.223 e. The second-order valence-corrected chi connectivity index (χ2v) is 4.56. The highest BCUT2D eigenvalue weighted by Gasteiger charge is 2.27. The van der Waals surface area contributed by atoms with Crippen molar-refractivity contribution >= 4 is 5.91 Å². The van der Waals surface area contributed by atoms with Crippen molar-refractivity contribution in [1.29, 1.82) is 0 Å². The molecule has 0 radical (unpaired) electrons. The Morgan fingerprint density at radius 2 is 2.31 bits per heavy atom. The van der Waals surface area contributed by atoms with Gasteiger partial charge in [-0.2, -0.15) is 0 Å². The number of pyridine rings is 1. The van der Waals surface area contributed by atoms with Gasteiger partial charge < -0.3 is 4.90 Å². The first-order valence-electron chi connectivity index (χ1n) is 5.88. The summed E-state index contributed by atoms with van der Waals surface area (Å²) >= 11 is 0. The van der Waals surface area contributed by atoms with Gasteiger partial charge in [-0.3, -0.25) is 9.78 Å². The van der Waals surface area contributed by atoms with Crippen LogP contribution in [0.5, 0.6) is 0 Å². The summed E-state index contributed by atoms with van der Waals surface area (Å²) < 4.78 is 0. The molecule has 1 aromatic heterocycles. The molecule has 1 saturated heterocycles. The minimum atomic E-state index is 0.285. The molecule has 0 N–H and O–H groups in total. The van der Waals surface area contributed by atoms with Crippen molar-refractivity contribution in [2.24, 2.45) is 5.92 Å². The monoisotopic (exact) mass is 218 g/mol. The van der Waals surface area contributed by atoms with E-state index < -0.39 is 0 Å². The second-order valence-electron chi connectivity index (χ2n) is 4.56. The van der Waals surface area contributed by atoms with Crippen molar-refractivity contribution in [2.75, 3.05) is 6.54 Å². The predicted octanol–water partition coefficient (Wildman–Crippen LogP) is 2.15.